The number of hydrazine groups is 1. The molecule has 3 aromatic rings. The van der Waals surface area contributed by atoms with Gasteiger partial charge in [-0.05, 0) is 13.0 Å². The zero-order valence-corrected chi connectivity index (χ0v) is 16.0. The molecule has 0 atom stereocenters. The number of hydrogen-bond acceptors (Lipinski definition) is 8. The molecule has 0 radical (unpaired) electrons. The maximum Gasteiger partial charge on any atom is 0.286 e. The molecule has 150 valence electrons. The molecule has 0 spiro atoms. The number of nitrogens with one attached hydrogen (secondary N) is 1. The molecule has 1 aliphatic rings. The number of ether oxygens (including phenoxy) is 2. The normalized spacial score (nSPS) is 14.5. The molecule has 0 saturated carbocycles. The first-order valence-electron chi connectivity index (χ1n) is 9.31. The number of benzene rings is 1. The van der Waals surface area contributed by atoms with Crippen LogP contribution in [0.2, 0.25) is 0 Å². The maximum atomic E-state index is 12.3. The van der Waals surface area contributed by atoms with Crippen molar-refractivity contribution in [2.24, 2.45) is 0 Å². The molecule has 1 aromatic carbocycles. The number of hydrogen-bond donors (Lipinski definition) is 1. The molecule has 1 saturated heterocycles. The van der Waals surface area contributed by atoms with Gasteiger partial charge in [-0.15, -0.1) is 10.2 Å². The van der Waals surface area contributed by atoms with E-state index in [0.717, 1.165) is 16.8 Å². The fraction of sp³-hybridized carbons (Fsp3) is 0.300. The summed E-state index contributed by atoms with van der Waals surface area (Å²) in [7, 11) is 0. The van der Waals surface area contributed by atoms with Crippen LogP contribution in [0.25, 0.3) is 11.3 Å². The second-order valence-corrected chi connectivity index (χ2v) is 6.52. The lowest BCUT2D eigenvalue weighted by Gasteiger charge is -2.26. The van der Waals surface area contributed by atoms with Crippen LogP contribution in [-0.4, -0.2) is 52.6 Å². The maximum absolute atomic E-state index is 12.3. The van der Waals surface area contributed by atoms with Crippen molar-refractivity contribution in [1.29, 1.82) is 0 Å². The third-order valence-electron chi connectivity index (χ3n) is 4.54. The van der Waals surface area contributed by atoms with Gasteiger partial charge in [0.2, 0.25) is 5.88 Å². The van der Waals surface area contributed by atoms with E-state index < -0.39 is 0 Å². The highest BCUT2D eigenvalue weighted by atomic mass is 16.5. The van der Waals surface area contributed by atoms with Gasteiger partial charge in [-0.3, -0.25) is 10.2 Å². The predicted molar refractivity (Wildman–Crippen MR) is 103 cm³/mol. The van der Waals surface area contributed by atoms with Crippen LogP contribution < -0.4 is 10.2 Å². The number of aryl methyl sites for hydroxylation is 1. The van der Waals surface area contributed by atoms with E-state index in [1.165, 1.54) is 0 Å². The highest BCUT2D eigenvalue weighted by molar-refractivity contribution is 5.91. The van der Waals surface area contributed by atoms with Crippen molar-refractivity contribution in [2.75, 3.05) is 26.3 Å². The molecule has 2 aromatic heterocycles. The van der Waals surface area contributed by atoms with Crippen LogP contribution in [0.5, 0.6) is 5.88 Å². The van der Waals surface area contributed by atoms with E-state index >= 15 is 0 Å². The Morgan fingerprint density at radius 1 is 1.14 bits per heavy atom. The molecule has 1 aliphatic heterocycles. The Morgan fingerprint density at radius 3 is 2.66 bits per heavy atom. The minimum Gasteiger partial charge on any atom is -0.472 e. The zero-order valence-electron chi connectivity index (χ0n) is 16.0. The molecule has 1 fully saturated rings. The van der Waals surface area contributed by atoms with E-state index in [-0.39, 0.29) is 18.2 Å². The van der Waals surface area contributed by atoms with Crippen LogP contribution in [0.3, 0.4) is 0 Å². The number of rotatable bonds is 6. The van der Waals surface area contributed by atoms with Crippen LogP contribution in [0.1, 0.15) is 21.8 Å². The summed E-state index contributed by atoms with van der Waals surface area (Å²) in [4.78, 5) is 12.3. The summed E-state index contributed by atoms with van der Waals surface area (Å²) in [6, 6.07) is 12.9. The van der Waals surface area contributed by atoms with Gasteiger partial charge in [0.05, 0.1) is 18.8 Å². The van der Waals surface area contributed by atoms with Crippen molar-refractivity contribution in [3.8, 4) is 17.1 Å². The van der Waals surface area contributed by atoms with Crippen molar-refractivity contribution in [3.63, 3.8) is 0 Å². The second kappa shape index (κ2) is 8.80. The van der Waals surface area contributed by atoms with Crippen LogP contribution in [0.4, 0.5) is 0 Å². The molecule has 0 bridgehead atoms. The third-order valence-corrected chi connectivity index (χ3v) is 4.54. The second-order valence-electron chi connectivity index (χ2n) is 6.52. The van der Waals surface area contributed by atoms with Gasteiger partial charge in [0, 0.05) is 24.7 Å². The van der Waals surface area contributed by atoms with Crippen LogP contribution in [0.15, 0.2) is 47.0 Å². The minimum atomic E-state index is -0.313. The fourth-order valence-corrected chi connectivity index (χ4v) is 2.92. The Morgan fingerprint density at radius 2 is 1.93 bits per heavy atom. The van der Waals surface area contributed by atoms with Gasteiger partial charge in [0.25, 0.3) is 5.91 Å². The van der Waals surface area contributed by atoms with E-state index in [2.05, 4.69) is 20.8 Å². The average molecular weight is 395 g/mol. The molecular weight excluding hydrogens is 374 g/mol. The number of nitrogens with zero attached hydrogens (tertiary/aromatic N) is 4. The highest BCUT2D eigenvalue weighted by Crippen LogP contribution is 2.26. The highest BCUT2D eigenvalue weighted by Gasteiger charge is 2.17. The Kier molecular flexibility index (Phi) is 5.78. The standard InChI is InChI=1S/C20H21N5O4/c1-14-16(19(24-29-14)15-5-3-2-4-6-15)13-28-18-8-7-17(21-22-18)20(26)23-25-9-11-27-12-10-25/h2-8H,9-13H2,1H3,(H,23,26). The van der Waals surface area contributed by atoms with Crippen molar-refractivity contribution >= 4 is 5.91 Å². The average Bonchev–Trinajstić information content (AvgIpc) is 3.14. The Labute approximate surface area is 167 Å². The van der Waals surface area contributed by atoms with Gasteiger partial charge in [0.1, 0.15) is 18.1 Å². The van der Waals surface area contributed by atoms with Gasteiger partial charge >= 0.3 is 0 Å². The van der Waals surface area contributed by atoms with Gasteiger partial charge < -0.3 is 14.0 Å². The Bertz CT molecular complexity index is 953. The number of morpholine rings is 1. The first kappa shape index (κ1) is 19.0. The molecule has 1 N–H and O–H groups in total. The summed E-state index contributed by atoms with van der Waals surface area (Å²) < 4.78 is 16.3. The smallest absolute Gasteiger partial charge is 0.286 e. The van der Waals surface area contributed by atoms with Crippen molar-refractivity contribution in [1.82, 2.24) is 25.8 Å². The molecular formula is C20H21N5O4. The molecule has 9 nitrogen and oxygen atoms in total. The van der Waals surface area contributed by atoms with Crippen molar-refractivity contribution < 1.29 is 18.8 Å². The van der Waals surface area contributed by atoms with E-state index in [9.17, 15) is 4.79 Å². The van der Waals surface area contributed by atoms with Crippen LogP contribution in [-0.2, 0) is 11.3 Å². The summed E-state index contributed by atoms with van der Waals surface area (Å²) in [6.45, 7) is 4.53. The van der Waals surface area contributed by atoms with Crippen molar-refractivity contribution in [2.45, 2.75) is 13.5 Å². The van der Waals surface area contributed by atoms with E-state index in [0.29, 0.717) is 37.9 Å². The minimum absolute atomic E-state index is 0.218. The largest absolute Gasteiger partial charge is 0.472 e. The first-order chi connectivity index (χ1) is 14.2. The molecule has 0 unspecified atom stereocenters. The molecule has 0 aliphatic carbocycles. The van der Waals surface area contributed by atoms with E-state index in [4.69, 9.17) is 14.0 Å². The quantitative estimate of drug-likeness (QED) is 0.676. The third kappa shape index (κ3) is 4.58. The number of carbonyl (C=O) groups is 1. The summed E-state index contributed by atoms with van der Waals surface area (Å²) in [5.41, 5.74) is 5.53. The summed E-state index contributed by atoms with van der Waals surface area (Å²) in [5.74, 6) is 0.679. The Balaban J connectivity index is 1.39. The molecule has 4 rings (SSSR count). The van der Waals surface area contributed by atoms with Gasteiger partial charge in [0.15, 0.2) is 5.69 Å². The van der Waals surface area contributed by atoms with Crippen molar-refractivity contribution in [3.05, 3.63) is 59.5 Å². The lowest BCUT2D eigenvalue weighted by Crippen LogP contribution is -2.48. The van der Waals surface area contributed by atoms with Gasteiger partial charge in [-0.1, -0.05) is 35.5 Å². The number of amides is 1. The van der Waals surface area contributed by atoms with E-state index in [1.807, 2.05) is 37.3 Å². The van der Waals surface area contributed by atoms with Crippen LogP contribution >= 0.6 is 0 Å². The molecule has 1 amide bonds. The zero-order chi connectivity index (χ0) is 20.1. The van der Waals surface area contributed by atoms with Gasteiger partial charge in [-0.25, -0.2) is 5.01 Å². The van der Waals surface area contributed by atoms with Crippen LogP contribution in [0, 0.1) is 6.92 Å². The summed E-state index contributed by atoms with van der Waals surface area (Å²) >= 11 is 0. The monoisotopic (exact) mass is 395 g/mol. The lowest BCUT2D eigenvalue weighted by atomic mass is 10.1. The summed E-state index contributed by atoms with van der Waals surface area (Å²) in [6.07, 6.45) is 0. The van der Waals surface area contributed by atoms with Gasteiger partial charge in [-0.2, -0.15) is 0 Å². The SMILES string of the molecule is Cc1onc(-c2ccccc2)c1COc1ccc(C(=O)NN2CCOCC2)nn1. The Hall–Kier alpha value is -3.30. The summed E-state index contributed by atoms with van der Waals surface area (Å²) in [5, 5.41) is 13.9. The number of aromatic nitrogens is 3. The topological polar surface area (TPSA) is 103 Å². The first-order valence-corrected chi connectivity index (χ1v) is 9.31. The number of carbonyl (C=O) groups excluding carboxylic acids is 1. The van der Waals surface area contributed by atoms with E-state index in [1.54, 1.807) is 17.1 Å². The molecule has 9 heteroatoms. The molecule has 3 heterocycles. The molecule has 29 heavy (non-hydrogen) atoms. The predicted octanol–water partition coefficient (Wildman–Crippen LogP) is 2.00. The fourth-order valence-electron chi connectivity index (χ4n) is 2.92. The lowest BCUT2D eigenvalue weighted by molar-refractivity contribution is 0.0124.